The number of fused-ring (bicyclic) bond motifs is 1. The highest BCUT2D eigenvalue weighted by Gasteiger charge is 2.35. The Kier molecular flexibility index (Phi) is 4.93. The summed E-state index contributed by atoms with van der Waals surface area (Å²) in [6, 6.07) is 5.43. The van der Waals surface area contributed by atoms with Crippen LogP contribution in [0.3, 0.4) is 0 Å². The predicted octanol–water partition coefficient (Wildman–Crippen LogP) is 2.18. The van der Waals surface area contributed by atoms with Gasteiger partial charge in [0.2, 0.25) is 0 Å². The predicted molar refractivity (Wildman–Crippen MR) is 99.6 cm³/mol. The largest absolute Gasteiger partial charge is 0.373 e. The summed E-state index contributed by atoms with van der Waals surface area (Å²) in [6.07, 6.45) is 4.35. The Morgan fingerprint density at radius 1 is 1.27 bits per heavy atom. The van der Waals surface area contributed by atoms with Crippen molar-refractivity contribution >= 4 is 17.2 Å². The molecule has 2 aromatic rings. The highest BCUT2D eigenvalue weighted by molar-refractivity contribution is 7.13. The molecule has 138 valence electrons. The Morgan fingerprint density at radius 2 is 2.08 bits per heavy atom. The fraction of sp³-hybridized carbons (Fsp3) is 0.474. The zero-order chi connectivity index (χ0) is 18.1. The quantitative estimate of drug-likeness (QED) is 0.894. The average molecular weight is 374 g/mol. The number of nitrogens with zero attached hydrogens (tertiary/aromatic N) is 1. The molecule has 1 saturated carbocycles. The van der Waals surface area contributed by atoms with Crippen molar-refractivity contribution in [3.05, 3.63) is 45.7 Å². The van der Waals surface area contributed by atoms with Crippen molar-refractivity contribution in [3.63, 3.8) is 0 Å². The van der Waals surface area contributed by atoms with Crippen LogP contribution >= 0.6 is 11.3 Å². The van der Waals surface area contributed by atoms with E-state index in [-0.39, 0.29) is 29.7 Å². The molecule has 0 radical (unpaired) electrons. The fourth-order valence-electron chi connectivity index (χ4n) is 3.71. The normalized spacial score (nSPS) is 25.5. The minimum atomic E-state index is -0.149. The van der Waals surface area contributed by atoms with E-state index in [0.717, 1.165) is 24.1 Å². The molecular weight excluding hydrogens is 352 g/mol. The number of ether oxygens (including phenoxy) is 2. The van der Waals surface area contributed by atoms with Gasteiger partial charge in [0.1, 0.15) is 0 Å². The van der Waals surface area contributed by atoms with E-state index in [2.05, 4.69) is 5.32 Å². The van der Waals surface area contributed by atoms with Crippen molar-refractivity contribution in [1.82, 2.24) is 9.88 Å². The number of aromatic nitrogens is 1. The second kappa shape index (κ2) is 7.34. The zero-order valence-corrected chi connectivity index (χ0v) is 15.5. The smallest absolute Gasteiger partial charge is 0.253 e. The van der Waals surface area contributed by atoms with Crippen molar-refractivity contribution in [2.75, 3.05) is 13.2 Å². The van der Waals surface area contributed by atoms with E-state index in [0.29, 0.717) is 24.3 Å². The van der Waals surface area contributed by atoms with E-state index >= 15 is 0 Å². The van der Waals surface area contributed by atoms with Gasteiger partial charge in [0, 0.05) is 35.8 Å². The lowest BCUT2D eigenvalue weighted by Crippen LogP contribution is -2.49. The first kappa shape index (κ1) is 17.5. The summed E-state index contributed by atoms with van der Waals surface area (Å²) in [5.74, 6) is -0.149. The van der Waals surface area contributed by atoms with Gasteiger partial charge in [-0.2, -0.15) is 0 Å². The second-order valence-electron chi connectivity index (χ2n) is 6.83. The van der Waals surface area contributed by atoms with E-state index < -0.39 is 0 Å². The molecule has 7 heteroatoms. The summed E-state index contributed by atoms with van der Waals surface area (Å²) in [5, 5.41) is 5.07. The summed E-state index contributed by atoms with van der Waals surface area (Å²) in [4.78, 5) is 25.9. The van der Waals surface area contributed by atoms with Crippen LogP contribution in [-0.4, -0.2) is 41.9 Å². The SMILES string of the molecule is Cn1cc(C(=O)NC2CCC3OCCOC3C2)c(-c2cccs2)cc1=O. The number of aryl methyl sites for hydroxylation is 1. The molecular formula is C19H22N2O4S. The number of amides is 1. The molecule has 1 saturated heterocycles. The molecule has 1 amide bonds. The van der Waals surface area contributed by atoms with Crippen LogP contribution in [0, 0.1) is 0 Å². The number of carbonyl (C=O) groups is 1. The summed E-state index contributed by atoms with van der Waals surface area (Å²) in [7, 11) is 1.66. The van der Waals surface area contributed by atoms with Crippen LogP contribution in [0.15, 0.2) is 34.6 Å². The molecule has 1 aliphatic heterocycles. The van der Waals surface area contributed by atoms with Crippen molar-refractivity contribution in [2.45, 2.75) is 37.5 Å². The Bertz CT molecular complexity index is 846. The van der Waals surface area contributed by atoms with E-state index in [4.69, 9.17) is 9.47 Å². The number of pyridine rings is 1. The molecule has 4 rings (SSSR count). The van der Waals surface area contributed by atoms with Crippen LogP contribution in [0.2, 0.25) is 0 Å². The highest BCUT2D eigenvalue weighted by Crippen LogP contribution is 2.29. The van der Waals surface area contributed by atoms with Crippen LogP contribution in [0.1, 0.15) is 29.6 Å². The molecule has 2 aliphatic rings. The molecule has 3 unspecified atom stereocenters. The van der Waals surface area contributed by atoms with Crippen LogP contribution in [-0.2, 0) is 16.5 Å². The Hall–Kier alpha value is -1.96. The first-order valence-electron chi connectivity index (χ1n) is 8.90. The van der Waals surface area contributed by atoms with Crippen LogP contribution < -0.4 is 10.9 Å². The van der Waals surface area contributed by atoms with E-state index in [1.807, 2.05) is 17.5 Å². The molecule has 2 aromatic heterocycles. The number of rotatable bonds is 3. The Balaban J connectivity index is 1.55. The van der Waals surface area contributed by atoms with Gasteiger partial charge >= 0.3 is 0 Å². The first-order valence-corrected chi connectivity index (χ1v) is 9.78. The van der Waals surface area contributed by atoms with Crippen LogP contribution in [0.5, 0.6) is 0 Å². The summed E-state index contributed by atoms with van der Waals surface area (Å²) >= 11 is 1.52. The van der Waals surface area contributed by atoms with E-state index in [9.17, 15) is 9.59 Å². The third kappa shape index (κ3) is 3.47. The Labute approximate surface area is 155 Å². The first-order chi connectivity index (χ1) is 12.6. The maximum Gasteiger partial charge on any atom is 0.253 e. The van der Waals surface area contributed by atoms with Gasteiger partial charge in [0.25, 0.3) is 11.5 Å². The van der Waals surface area contributed by atoms with Gasteiger partial charge in [-0.1, -0.05) is 6.07 Å². The van der Waals surface area contributed by atoms with Crippen molar-refractivity contribution in [3.8, 4) is 10.4 Å². The van der Waals surface area contributed by atoms with Gasteiger partial charge in [0.15, 0.2) is 0 Å². The van der Waals surface area contributed by atoms with Crippen LogP contribution in [0.25, 0.3) is 10.4 Å². The maximum atomic E-state index is 13.0. The minimum Gasteiger partial charge on any atom is -0.373 e. The Morgan fingerprint density at radius 3 is 2.85 bits per heavy atom. The van der Waals surface area contributed by atoms with Gasteiger partial charge in [-0.3, -0.25) is 9.59 Å². The van der Waals surface area contributed by atoms with Gasteiger partial charge in [0.05, 0.1) is 31.0 Å². The summed E-state index contributed by atoms with van der Waals surface area (Å²) in [5.41, 5.74) is 1.09. The van der Waals surface area contributed by atoms with Gasteiger partial charge in [-0.25, -0.2) is 0 Å². The highest BCUT2D eigenvalue weighted by atomic mass is 32.1. The van der Waals surface area contributed by atoms with E-state index in [1.165, 1.54) is 22.0 Å². The molecule has 6 nitrogen and oxygen atoms in total. The topological polar surface area (TPSA) is 69.6 Å². The number of hydrogen-bond acceptors (Lipinski definition) is 5. The number of nitrogens with one attached hydrogen (secondary N) is 1. The van der Waals surface area contributed by atoms with Crippen molar-refractivity contribution < 1.29 is 14.3 Å². The second-order valence-corrected chi connectivity index (χ2v) is 7.78. The molecule has 0 spiro atoms. The van der Waals surface area contributed by atoms with Gasteiger partial charge < -0.3 is 19.4 Å². The monoisotopic (exact) mass is 374 g/mol. The summed E-state index contributed by atoms with van der Waals surface area (Å²) < 4.78 is 13.0. The lowest BCUT2D eigenvalue weighted by Gasteiger charge is -2.39. The fourth-order valence-corrected chi connectivity index (χ4v) is 4.46. The maximum absolute atomic E-state index is 13.0. The van der Waals surface area contributed by atoms with Crippen molar-refractivity contribution in [2.24, 2.45) is 7.05 Å². The number of hydrogen-bond donors (Lipinski definition) is 1. The average Bonchev–Trinajstić information content (AvgIpc) is 3.18. The van der Waals surface area contributed by atoms with Gasteiger partial charge in [-0.15, -0.1) is 11.3 Å². The lowest BCUT2D eigenvalue weighted by molar-refractivity contribution is -0.157. The standard InChI is InChI=1S/C19H22N2O4S/c1-21-11-14(13(10-18(21)22)17-3-2-8-26-17)19(23)20-12-4-5-15-16(9-12)25-7-6-24-15/h2-3,8,10-12,15-16H,4-7,9H2,1H3,(H,20,23). The lowest BCUT2D eigenvalue weighted by atomic mass is 9.89. The third-order valence-electron chi connectivity index (χ3n) is 5.07. The summed E-state index contributed by atoms with van der Waals surface area (Å²) in [6.45, 7) is 1.27. The molecule has 1 N–H and O–H groups in total. The molecule has 1 aliphatic carbocycles. The van der Waals surface area contributed by atoms with Crippen LogP contribution in [0.4, 0.5) is 0 Å². The molecule has 3 atom stereocenters. The van der Waals surface area contributed by atoms with Crippen molar-refractivity contribution in [1.29, 1.82) is 0 Å². The zero-order valence-electron chi connectivity index (χ0n) is 14.6. The molecule has 3 heterocycles. The van der Waals surface area contributed by atoms with E-state index in [1.54, 1.807) is 13.2 Å². The third-order valence-corrected chi connectivity index (χ3v) is 5.98. The molecule has 0 bridgehead atoms. The number of thiophene rings is 1. The molecule has 2 fully saturated rings. The van der Waals surface area contributed by atoms with Gasteiger partial charge in [-0.05, 0) is 30.7 Å². The minimum absolute atomic E-state index is 0.0545. The molecule has 0 aromatic carbocycles. The number of carbonyl (C=O) groups excluding carboxylic acids is 1. The molecule has 26 heavy (non-hydrogen) atoms.